The summed E-state index contributed by atoms with van der Waals surface area (Å²) in [5, 5.41) is 48.3. The Balaban J connectivity index is 0.000000462. The van der Waals surface area contributed by atoms with Gasteiger partial charge >= 0.3 is 31.5 Å². The van der Waals surface area contributed by atoms with Crippen molar-refractivity contribution in [2.75, 3.05) is 31.9 Å². The number of imidazole rings is 1. The number of aliphatic hydroxyl groups is 2. The van der Waals surface area contributed by atoms with Crippen molar-refractivity contribution in [2.45, 2.75) is 45.4 Å². The van der Waals surface area contributed by atoms with Gasteiger partial charge in [-0.05, 0) is 38.1 Å². The summed E-state index contributed by atoms with van der Waals surface area (Å²) in [6.07, 6.45) is -2.44. The smallest absolute Gasteiger partial charge is 0.456 e. The number of nitrogens with zero attached hydrogens (tertiary/aromatic N) is 4. The topological polar surface area (TPSA) is 322 Å². The number of anilines is 1. The third kappa shape index (κ3) is 14.9. The first-order valence-corrected chi connectivity index (χ1v) is 17.5. The van der Waals surface area contributed by atoms with Crippen molar-refractivity contribution in [1.82, 2.24) is 19.5 Å². The average Bonchev–Trinajstić information content (AvgIpc) is 3.53. The molecule has 0 aliphatic carbocycles. The van der Waals surface area contributed by atoms with Gasteiger partial charge in [-0.15, -0.1) is 0 Å². The van der Waals surface area contributed by atoms with Crippen molar-refractivity contribution < 1.29 is 77.6 Å². The molecule has 54 heavy (non-hydrogen) atoms. The van der Waals surface area contributed by atoms with Gasteiger partial charge in [0.1, 0.15) is 11.8 Å². The molecular weight excluding hydrogens is 741 g/mol. The van der Waals surface area contributed by atoms with Crippen LogP contribution < -0.4 is 24.3 Å². The molecule has 294 valence electrons. The highest BCUT2D eigenvalue weighted by molar-refractivity contribution is 7.54. The molecule has 0 amide bonds. The summed E-state index contributed by atoms with van der Waals surface area (Å²) in [5.41, 5.74) is 6.94. The number of hydrogen-bond donors (Lipinski definition) is 7. The van der Waals surface area contributed by atoms with Crippen molar-refractivity contribution in [2.24, 2.45) is 0 Å². The first-order valence-electron chi connectivity index (χ1n) is 15.8. The van der Waals surface area contributed by atoms with Crippen LogP contribution in [-0.4, -0.2) is 112 Å². The van der Waals surface area contributed by atoms with Crippen molar-refractivity contribution in [3.05, 3.63) is 61.2 Å². The van der Waals surface area contributed by atoms with Gasteiger partial charge in [-0.2, -0.15) is 0 Å². The van der Waals surface area contributed by atoms with Gasteiger partial charge in [-0.1, -0.05) is 24.3 Å². The maximum absolute atomic E-state index is 13.9. The Morgan fingerprint density at radius 1 is 0.759 bits per heavy atom. The monoisotopic (exact) mass is 781 g/mol. The largest absolute Gasteiger partial charge is 0.490 e. The molecule has 4 aromatic rings. The molecule has 2 heterocycles. The Morgan fingerprint density at radius 3 is 1.63 bits per heavy atom. The first-order chi connectivity index (χ1) is 25.6. The van der Waals surface area contributed by atoms with Crippen LogP contribution in [0.2, 0.25) is 0 Å². The summed E-state index contributed by atoms with van der Waals surface area (Å²) in [6.45, 7) is 5.12. The molecule has 22 heteroatoms. The zero-order valence-corrected chi connectivity index (χ0v) is 29.9. The normalized spacial score (nSPS) is 11.8. The Kier molecular flexibility index (Phi) is 18.1. The molecule has 2 aromatic carbocycles. The Labute approximate surface area is 307 Å². The Morgan fingerprint density at radius 2 is 1.22 bits per heavy atom. The number of aliphatic hydroxyl groups excluding tert-OH is 2. The van der Waals surface area contributed by atoms with Crippen molar-refractivity contribution in [3.63, 3.8) is 0 Å². The number of fused-ring (bicyclic) bond motifs is 1. The van der Waals surface area contributed by atoms with E-state index in [-0.39, 0.29) is 24.5 Å². The number of hydrogen-bond acceptors (Lipinski definition) is 16. The number of aliphatic carboxylic acids is 4. The fourth-order valence-corrected chi connectivity index (χ4v) is 5.28. The molecule has 0 saturated heterocycles. The second-order valence-electron chi connectivity index (χ2n) is 10.4. The molecule has 2 aromatic heterocycles. The Bertz CT molecular complexity index is 1800. The first kappa shape index (κ1) is 44.1. The molecule has 8 N–H and O–H groups in total. The van der Waals surface area contributed by atoms with Gasteiger partial charge in [-0.3, -0.25) is 9.59 Å². The predicted octanol–water partition coefficient (Wildman–Crippen LogP) is 2.34. The summed E-state index contributed by atoms with van der Waals surface area (Å²) in [5.74, 6) is -3.93. The van der Waals surface area contributed by atoms with Crippen LogP contribution >= 0.6 is 7.60 Å². The van der Waals surface area contributed by atoms with E-state index in [1.165, 1.54) is 6.33 Å². The van der Waals surface area contributed by atoms with Crippen LogP contribution in [0.3, 0.4) is 0 Å². The van der Waals surface area contributed by atoms with Gasteiger partial charge in [0, 0.05) is 6.54 Å². The molecule has 0 bridgehead atoms. The van der Waals surface area contributed by atoms with Crippen LogP contribution in [0.15, 0.2) is 61.2 Å². The minimum Gasteiger partial charge on any atom is -0.490 e. The maximum atomic E-state index is 13.9. The molecule has 0 fully saturated rings. The molecule has 0 aliphatic heterocycles. The van der Waals surface area contributed by atoms with E-state index in [0.29, 0.717) is 48.2 Å². The van der Waals surface area contributed by atoms with E-state index in [9.17, 15) is 23.7 Å². The summed E-state index contributed by atoms with van der Waals surface area (Å²) < 4.78 is 44.6. The molecule has 4 rings (SSSR count). The maximum Gasteiger partial charge on any atom is 0.456 e. The van der Waals surface area contributed by atoms with Crippen LogP contribution in [0.4, 0.5) is 5.82 Å². The van der Waals surface area contributed by atoms with E-state index in [4.69, 9.17) is 59.6 Å². The minimum absolute atomic E-state index is 0.187. The number of carboxylic acids is 4. The van der Waals surface area contributed by atoms with E-state index in [1.807, 2.05) is 13.8 Å². The lowest BCUT2D eigenvalue weighted by Crippen LogP contribution is -2.22. The number of para-hydroxylation sites is 4. The second-order valence-corrected chi connectivity index (χ2v) is 12.2. The van der Waals surface area contributed by atoms with Crippen molar-refractivity contribution in [3.8, 4) is 23.0 Å². The quantitative estimate of drug-likeness (QED) is 0.0530. The number of benzene rings is 2. The SMILES string of the molecule is CCOc1ccccc1OP(=O)(COCCn1cnc2c(N)ncnc21)Oc1ccccc1OCC.O=C(O)CC(O)C(=O)O.O=C(O)CC(O)C(=O)O. The van der Waals surface area contributed by atoms with E-state index in [0.717, 1.165) is 0 Å². The fourth-order valence-electron chi connectivity index (χ4n) is 3.88. The Hall–Kier alpha value is -6.02. The van der Waals surface area contributed by atoms with Crippen LogP contribution in [0, 0.1) is 0 Å². The van der Waals surface area contributed by atoms with Gasteiger partial charge in [0.25, 0.3) is 0 Å². The highest BCUT2D eigenvalue weighted by Crippen LogP contribution is 2.52. The molecule has 0 spiro atoms. The molecule has 0 aliphatic rings. The van der Waals surface area contributed by atoms with Crippen LogP contribution in [-0.2, 0) is 35.0 Å². The molecule has 21 nitrogen and oxygen atoms in total. The molecule has 0 saturated carbocycles. The standard InChI is InChI=1S/C24H28N5O6P.2C4H6O5/c1-3-32-18-9-5-7-11-20(18)34-36(30,35-21-12-8-6-10-19(21)33-4-2)17-31-14-13-29-16-28-22-23(25)26-15-27-24(22)29;2*5-2(4(8)9)1-3(6)7/h5-12,15-16H,3-4,13-14,17H2,1-2H3,(H2,25,26,27);2*2,5H,1H2,(H,6,7)(H,8,9). The van der Waals surface area contributed by atoms with Crippen molar-refractivity contribution in [1.29, 1.82) is 0 Å². The lowest BCUT2D eigenvalue weighted by Gasteiger charge is -2.22. The van der Waals surface area contributed by atoms with E-state index < -0.39 is 56.5 Å². The lowest BCUT2D eigenvalue weighted by atomic mass is 10.3. The summed E-state index contributed by atoms with van der Waals surface area (Å²) in [6, 6.07) is 13.9. The number of carboxylic acid groups (broad SMARTS) is 4. The molecular formula is C32H40N5O16P. The van der Waals surface area contributed by atoms with Gasteiger partial charge in [0.15, 0.2) is 53.0 Å². The van der Waals surface area contributed by atoms with Gasteiger partial charge in [0.2, 0.25) is 0 Å². The van der Waals surface area contributed by atoms with Crippen molar-refractivity contribution >= 4 is 48.5 Å². The summed E-state index contributed by atoms with van der Waals surface area (Å²) in [4.78, 5) is 51.2. The molecule has 2 atom stereocenters. The number of rotatable bonds is 19. The number of nitrogen functional groups attached to an aromatic ring is 1. The summed E-state index contributed by atoms with van der Waals surface area (Å²) in [7, 11) is -3.88. The highest BCUT2D eigenvalue weighted by Gasteiger charge is 2.31. The summed E-state index contributed by atoms with van der Waals surface area (Å²) >= 11 is 0. The van der Waals surface area contributed by atoms with Gasteiger partial charge in [-0.25, -0.2) is 29.1 Å². The molecule has 2 unspecified atom stereocenters. The third-order valence-corrected chi connectivity index (χ3v) is 7.68. The predicted molar refractivity (Wildman–Crippen MR) is 186 cm³/mol. The van der Waals surface area contributed by atoms with Crippen LogP contribution in [0.25, 0.3) is 11.2 Å². The zero-order valence-electron chi connectivity index (χ0n) is 29.0. The van der Waals surface area contributed by atoms with Crippen LogP contribution in [0.1, 0.15) is 26.7 Å². The third-order valence-electron chi connectivity index (χ3n) is 6.23. The minimum atomic E-state index is -3.88. The lowest BCUT2D eigenvalue weighted by molar-refractivity contribution is -0.153. The number of aromatic nitrogens is 4. The zero-order chi connectivity index (χ0) is 40.3. The van der Waals surface area contributed by atoms with E-state index >= 15 is 0 Å². The second kappa shape index (κ2) is 22.1. The number of nitrogens with two attached hydrogens (primary N) is 1. The average molecular weight is 782 g/mol. The van der Waals surface area contributed by atoms with E-state index in [2.05, 4.69) is 15.0 Å². The number of carbonyl (C=O) groups is 4. The molecule has 0 radical (unpaired) electrons. The fraction of sp³-hybridized carbons (Fsp3) is 0.344. The van der Waals surface area contributed by atoms with Gasteiger partial charge in [0.05, 0.1) is 39.0 Å². The van der Waals surface area contributed by atoms with Gasteiger partial charge < -0.3 is 64.2 Å². The highest BCUT2D eigenvalue weighted by atomic mass is 31.2. The van der Waals surface area contributed by atoms with E-state index in [1.54, 1.807) is 59.4 Å². The number of ether oxygens (including phenoxy) is 3. The van der Waals surface area contributed by atoms with Crippen LogP contribution in [0.5, 0.6) is 23.0 Å².